The molecule has 0 fully saturated rings. The number of aryl methyl sites for hydroxylation is 1. The lowest BCUT2D eigenvalue weighted by Gasteiger charge is -2.24. The van der Waals surface area contributed by atoms with E-state index in [4.69, 9.17) is 9.10 Å². The number of fused-ring (bicyclic) bond motifs is 5. The second kappa shape index (κ2) is 10.7. The summed E-state index contributed by atoms with van der Waals surface area (Å²) in [4.78, 5) is 5.36. The maximum Gasteiger partial charge on any atom is 0.147 e. The van der Waals surface area contributed by atoms with Crippen molar-refractivity contribution in [2.24, 2.45) is 0 Å². The number of imidazole rings is 1. The lowest BCUT2D eigenvalue weighted by Crippen LogP contribution is -2.09. The van der Waals surface area contributed by atoms with Crippen LogP contribution in [0.2, 0.25) is 0 Å². The van der Waals surface area contributed by atoms with E-state index in [1.165, 1.54) is 27.9 Å². The number of nitrogens with zero attached hydrogens (tertiary/aromatic N) is 2. The molecule has 0 spiro atoms. The van der Waals surface area contributed by atoms with Gasteiger partial charge in [-0.3, -0.25) is 4.57 Å². The fraction of sp³-hybridized carbons (Fsp3) is 0.167. The third kappa shape index (κ3) is 4.49. The predicted octanol–water partition coefficient (Wildman–Crippen LogP) is 12.4. The van der Waals surface area contributed by atoms with Gasteiger partial charge in [-0.2, -0.15) is 0 Å². The van der Waals surface area contributed by atoms with Crippen LogP contribution in [0.3, 0.4) is 0 Å². The fourth-order valence-corrected chi connectivity index (χ4v) is 8.03. The first-order valence-corrected chi connectivity index (χ1v) is 16.5. The summed E-state index contributed by atoms with van der Waals surface area (Å²) in [5.74, 6) is 1.46. The topological polar surface area (TPSA) is 17.8 Å². The summed E-state index contributed by atoms with van der Waals surface area (Å²) in [6.07, 6.45) is 0. The van der Waals surface area contributed by atoms with Crippen LogP contribution in [0.5, 0.6) is 0 Å². The Morgan fingerprint density at radius 3 is 2.16 bits per heavy atom. The van der Waals surface area contributed by atoms with Gasteiger partial charge in [-0.1, -0.05) is 100 Å². The van der Waals surface area contributed by atoms with E-state index in [1.807, 2.05) is 12.1 Å². The second-order valence-corrected chi connectivity index (χ2v) is 13.6. The molecule has 0 N–H and O–H groups in total. The minimum atomic E-state index is -2.18. The summed E-state index contributed by atoms with van der Waals surface area (Å²) in [6, 6.07) is 40.1. The predicted molar refractivity (Wildman–Crippen MR) is 195 cm³/mol. The summed E-state index contributed by atoms with van der Waals surface area (Å²) in [7, 11) is 0. The molecule has 0 unspecified atom stereocenters. The maximum absolute atomic E-state index is 8.16. The van der Waals surface area contributed by atoms with E-state index >= 15 is 0 Å². The summed E-state index contributed by atoms with van der Waals surface area (Å²) in [5.41, 5.74) is 9.72. The molecular formula is C42H36N2S. The lowest BCUT2D eigenvalue weighted by molar-refractivity contribution is 0.812. The number of rotatable bonds is 5. The molecule has 8 aromatic rings. The number of benzene rings is 6. The van der Waals surface area contributed by atoms with Gasteiger partial charge in [0.1, 0.15) is 5.82 Å². The molecule has 0 saturated carbocycles. The number of aromatic nitrogens is 2. The highest BCUT2D eigenvalue weighted by Crippen LogP contribution is 2.45. The van der Waals surface area contributed by atoms with E-state index in [0.717, 1.165) is 53.4 Å². The van der Waals surface area contributed by atoms with Gasteiger partial charge >= 0.3 is 0 Å². The molecule has 8 rings (SSSR count). The first kappa shape index (κ1) is 24.6. The van der Waals surface area contributed by atoms with Gasteiger partial charge in [-0.25, -0.2) is 4.98 Å². The van der Waals surface area contributed by atoms with Gasteiger partial charge in [0.15, 0.2) is 0 Å². The Balaban J connectivity index is 1.44. The molecule has 0 radical (unpaired) electrons. The van der Waals surface area contributed by atoms with E-state index in [9.17, 15) is 0 Å². The van der Waals surface area contributed by atoms with Crippen LogP contribution in [0, 0.1) is 6.85 Å². The molecule has 3 heteroatoms. The molecule has 0 atom stereocenters. The zero-order valence-electron chi connectivity index (χ0n) is 28.9. The molecule has 0 saturated heterocycles. The van der Waals surface area contributed by atoms with Crippen molar-refractivity contribution in [3.05, 3.63) is 132 Å². The van der Waals surface area contributed by atoms with E-state index in [2.05, 4.69) is 129 Å². The van der Waals surface area contributed by atoms with Crippen LogP contribution < -0.4 is 0 Å². The minimum Gasteiger partial charge on any atom is -0.292 e. The Morgan fingerprint density at radius 2 is 1.40 bits per heavy atom. The summed E-state index contributed by atoms with van der Waals surface area (Å²) in [5, 5.41) is 4.01. The molecule has 0 aliphatic rings. The normalized spacial score (nSPS) is 13.3. The Labute approximate surface area is 272 Å². The van der Waals surface area contributed by atoms with E-state index in [1.54, 1.807) is 17.4 Å². The molecular weight excluding hydrogens is 565 g/mol. The Bertz CT molecular complexity index is 2470. The lowest BCUT2D eigenvalue weighted by atomic mass is 9.88. The van der Waals surface area contributed by atoms with Crippen molar-refractivity contribution >= 4 is 53.3 Å². The monoisotopic (exact) mass is 603 g/mol. The van der Waals surface area contributed by atoms with E-state index in [0.29, 0.717) is 5.56 Å². The van der Waals surface area contributed by atoms with Crippen molar-refractivity contribution in [3.63, 3.8) is 0 Å². The van der Waals surface area contributed by atoms with E-state index in [-0.39, 0.29) is 11.8 Å². The van der Waals surface area contributed by atoms with Gasteiger partial charge in [-0.05, 0) is 99.7 Å². The van der Waals surface area contributed by atoms with Crippen LogP contribution in [0.1, 0.15) is 60.3 Å². The molecule has 0 amide bonds. The van der Waals surface area contributed by atoms with Gasteiger partial charge in [0.25, 0.3) is 0 Å². The quantitative estimate of drug-likeness (QED) is 0.191. The standard InChI is InChI=1S/C42H36N2S/c1-25(2)33-22-30(28-14-7-6-8-15-28)23-34(26(3)4)40(33)44-38-20-10-9-19-37(38)43-42(44)32-18-12-17-31-36-21-29-16-11-13-27(5)35(29)24-39(36)45-41(31)32/h6-26H,1-5H3/i5D3. The zero-order chi connectivity index (χ0) is 33.3. The third-order valence-electron chi connectivity index (χ3n) is 9.04. The molecule has 2 aromatic heterocycles. The zero-order valence-corrected chi connectivity index (χ0v) is 26.7. The van der Waals surface area contributed by atoms with Crippen LogP contribution in [-0.2, 0) is 0 Å². The Kier molecular flexibility index (Phi) is 5.85. The molecule has 45 heavy (non-hydrogen) atoms. The Morgan fingerprint density at radius 1 is 0.667 bits per heavy atom. The molecule has 220 valence electrons. The minimum absolute atomic E-state index is 0.273. The third-order valence-corrected chi connectivity index (χ3v) is 10.2. The average Bonchev–Trinajstić information content (AvgIpc) is 3.64. The van der Waals surface area contributed by atoms with Crippen molar-refractivity contribution < 1.29 is 4.11 Å². The molecule has 2 nitrogen and oxygen atoms in total. The molecule has 0 aliphatic heterocycles. The fourth-order valence-electron chi connectivity index (χ4n) is 6.79. The van der Waals surface area contributed by atoms with Crippen molar-refractivity contribution in [1.82, 2.24) is 9.55 Å². The number of hydrogen-bond acceptors (Lipinski definition) is 2. The van der Waals surface area contributed by atoms with E-state index < -0.39 is 6.85 Å². The van der Waals surface area contributed by atoms with Gasteiger partial charge in [0, 0.05) is 29.8 Å². The summed E-state index contributed by atoms with van der Waals surface area (Å²) in [6.45, 7) is 6.93. The van der Waals surface area contributed by atoms with Gasteiger partial charge in [0.2, 0.25) is 0 Å². The van der Waals surface area contributed by atoms with Gasteiger partial charge < -0.3 is 0 Å². The Hall–Kier alpha value is -4.73. The largest absolute Gasteiger partial charge is 0.292 e. The maximum atomic E-state index is 8.16. The molecule has 6 aromatic carbocycles. The first-order chi connectivity index (χ1) is 23.1. The van der Waals surface area contributed by atoms with Crippen LogP contribution >= 0.6 is 11.3 Å². The van der Waals surface area contributed by atoms with Crippen molar-refractivity contribution in [2.45, 2.75) is 46.4 Å². The van der Waals surface area contributed by atoms with Gasteiger partial charge in [0.05, 0.1) is 16.7 Å². The molecule has 0 bridgehead atoms. The highest BCUT2D eigenvalue weighted by atomic mass is 32.1. The van der Waals surface area contributed by atoms with Crippen LogP contribution in [-0.4, -0.2) is 9.55 Å². The first-order valence-electron chi connectivity index (χ1n) is 17.2. The number of thiophene rings is 1. The highest BCUT2D eigenvalue weighted by Gasteiger charge is 2.25. The van der Waals surface area contributed by atoms with Gasteiger partial charge in [-0.15, -0.1) is 11.3 Å². The van der Waals surface area contributed by atoms with Crippen LogP contribution in [0.4, 0.5) is 0 Å². The van der Waals surface area contributed by atoms with Crippen LogP contribution in [0.25, 0.3) is 70.2 Å². The van der Waals surface area contributed by atoms with Crippen LogP contribution in [0.15, 0.2) is 115 Å². The van der Waals surface area contributed by atoms with Crippen molar-refractivity contribution in [3.8, 4) is 28.2 Å². The molecule has 0 aliphatic carbocycles. The average molecular weight is 604 g/mol. The second-order valence-electron chi connectivity index (χ2n) is 12.6. The number of hydrogen-bond donors (Lipinski definition) is 0. The summed E-state index contributed by atoms with van der Waals surface area (Å²) < 4.78 is 29.1. The SMILES string of the molecule is [2H]C([2H])([2H])c1cccc2cc3c(cc12)sc1c(-c2nc4ccccc4n2-c2c(C(C)C)cc(-c4ccccc4)cc2C(C)C)cccc13. The highest BCUT2D eigenvalue weighted by molar-refractivity contribution is 7.26. The smallest absolute Gasteiger partial charge is 0.147 e. The van der Waals surface area contributed by atoms with Crippen molar-refractivity contribution in [2.75, 3.05) is 0 Å². The van der Waals surface area contributed by atoms with Crippen molar-refractivity contribution in [1.29, 1.82) is 0 Å². The molecule has 2 heterocycles. The number of para-hydroxylation sites is 2. The summed E-state index contributed by atoms with van der Waals surface area (Å²) >= 11 is 1.71.